The van der Waals surface area contributed by atoms with Crippen molar-refractivity contribution in [3.05, 3.63) is 35.7 Å². The number of ether oxygens (including phenoxy) is 2. The number of nitrogens with two attached hydrogens (primary N) is 1. The van der Waals surface area contributed by atoms with E-state index in [4.69, 9.17) is 15.3 Å². The van der Waals surface area contributed by atoms with E-state index in [0.29, 0.717) is 23.2 Å². The number of rotatable bonds is 4. The number of aryl methyl sites for hydroxylation is 1. The van der Waals surface area contributed by atoms with Crippen molar-refractivity contribution in [2.45, 2.75) is 13.8 Å². The van der Waals surface area contributed by atoms with Gasteiger partial charge in [0.1, 0.15) is 12.1 Å². The Morgan fingerprint density at radius 2 is 1.95 bits per heavy atom. The highest BCUT2D eigenvalue weighted by atomic mass is 16.5. The lowest BCUT2D eigenvalue weighted by atomic mass is 10.2. The third-order valence-corrected chi connectivity index (χ3v) is 2.70. The summed E-state index contributed by atoms with van der Waals surface area (Å²) < 4.78 is 11.0. The Kier molecular flexibility index (Phi) is 3.82. The number of hydrogen-bond acceptors (Lipinski definition) is 6. The molecule has 0 spiro atoms. The Bertz CT molecular complexity index is 587. The van der Waals surface area contributed by atoms with E-state index in [9.17, 15) is 0 Å². The number of hydrogen-bond donors (Lipinski definition) is 2. The van der Waals surface area contributed by atoms with Gasteiger partial charge in [0.2, 0.25) is 5.88 Å². The minimum absolute atomic E-state index is 0.435. The molecule has 0 radical (unpaired) electrons. The summed E-state index contributed by atoms with van der Waals surface area (Å²) in [4.78, 5) is 8.09. The van der Waals surface area contributed by atoms with Gasteiger partial charge in [0, 0.05) is 0 Å². The Morgan fingerprint density at radius 3 is 2.63 bits per heavy atom. The Balaban J connectivity index is 2.36. The molecule has 100 valence electrons. The van der Waals surface area contributed by atoms with Crippen molar-refractivity contribution < 1.29 is 9.47 Å². The second kappa shape index (κ2) is 5.53. The van der Waals surface area contributed by atoms with Crippen LogP contribution in [0.2, 0.25) is 0 Å². The van der Waals surface area contributed by atoms with Gasteiger partial charge >= 0.3 is 0 Å². The number of benzene rings is 1. The first-order chi connectivity index (χ1) is 9.15. The van der Waals surface area contributed by atoms with Crippen molar-refractivity contribution in [3.8, 4) is 17.4 Å². The summed E-state index contributed by atoms with van der Waals surface area (Å²) in [6, 6.07) is 5.68. The topological polar surface area (TPSA) is 82.3 Å². The summed E-state index contributed by atoms with van der Waals surface area (Å²) in [6.07, 6.45) is 1.39. The number of aromatic nitrogens is 2. The zero-order chi connectivity index (χ0) is 13.8. The second-order valence-corrected chi connectivity index (χ2v) is 4.05. The maximum absolute atomic E-state index is 5.76. The molecule has 2 rings (SSSR count). The van der Waals surface area contributed by atoms with Gasteiger partial charge in [0.25, 0.3) is 0 Å². The highest BCUT2D eigenvalue weighted by Crippen LogP contribution is 2.33. The Hall–Kier alpha value is -2.34. The van der Waals surface area contributed by atoms with Crippen molar-refractivity contribution in [2.75, 3.05) is 12.5 Å². The van der Waals surface area contributed by atoms with Crippen LogP contribution in [0.3, 0.4) is 0 Å². The zero-order valence-electron chi connectivity index (χ0n) is 11.1. The van der Waals surface area contributed by atoms with E-state index in [0.717, 1.165) is 11.1 Å². The molecule has 6 heteroatoms. The third-order valence-electron chi connectivity index (χ3n) is 2.70. The fourth-order valence-electron chi connectivity index (χ4n) is 1.65. The van der Waals surface area contributed by atoms with Crippen LogP contribution in [0, 0.1) is 13.8 Å². The first kappa shape index (κ1) is 13.1. The van der Waals surface area contributed by atoms with Gasteiger partial charge in [-0.25, -0.2) is 15.8 Å². The molecule has 1 aromatic carbocycles. The molecule has 0 amide bonds. The molecule has 2 aromatic rings. The normalized spacial score (nSPS) is 10.1. The van der Waals surface area contributed by atoms with Crippen LogP contribution in [0.25, 0.3) is 0 Å². The van der Waals surface area contributed by atoms with Gasteiger partial charge in [0.05, 0.1) is 12.7 Å². The van der Waals surface area contributed by atoms with E-state index < -0.39 is 0 Å². The van der Waals surface area contributed by atoms with Gasteiger partial charge in [-0.05, 0) is 31.5 Å². The summed E-state index contributed by atoms with van der Waals surface area (Å²) >= 11 is 0. The number of anilines is 1. The molecular weight excluding hydrogens is 244 g/mol. The van der Waals surface area contributed by atoms with E-state index in [1.165, 1.54) is 6.33 Å². The van der Waals surface area contributed by atoms with Crippen LogP contribution in [-0.2, 0) is 0 Å². The molecule has 0 aliphatic heterocycles. The van der Waals surface area contributed by atoms with Gasteiger partial charge in [-0.15, -0.1) is 0 Å². The molecule has 3 N–H and O–H groups in total. The van der Waals surface area contributed by atoms with Gasteiger partial charge in [-0.3, -0.25) is 0 Å². The third kappa shape index (κ3) is 2.74. The number of nitrogens with one attached hydrogen (secondary N) is 1. The van der Waals surface area contributed by atoms with Crippen molar-refractivity contribution in [2.24, 2.45) is 5.84 Å². The summed E-state index contributed by atoms with van der Waals surface area (Å²) in [5, 5.41) is 0. The molecule has 6 nitrogen and oxygen atoms in total. The van der Waals surface area contributed by atoms with Gasteiger partial charge < -0.3 is 14.9 Å². The SMILES string of the molecule is COc1cc(C)ccc1Oc1ncnc(NN)c1C. The lowest BCUT2D eigenvalue weighted by Crippen LogP contribution is -2.11. The maximum Gasteiger partial charge on any atom is 0.227 e. The van der Waals surface area contributed by atoms with E-state index in [2.05, 4.69) is 15.4 Å². The molecular formula is C13H16N4O2. The minimum Gasteiger partial charge on any atom is -0.493 e. The predicted octanol–water partition coefficient (Wildman–Crippen LogP) is 2.18. The fraction of sp³-hybridized carbons (Fsp3) is 0.231. The molecule has 0 bridgehead atoms. The van der Waals surface area contributed by atoms with E-state index in [1.807, 2.05) is 32.0 Å². The molecule has 0 fully saturated rings. The summed E-state index contributed by atoms with van der Waals surface area (Å²) in [6.45, 7) is 3.81. The summed E-state index contributed by atoms with van der Waals surface area (Å²) in [7, 11) is 1.60. The first-order valence-electron chi connectivity index (χ1n) is 5.76. The quantitative estimate of drug-likeness (QED) is 0.647. The second-order valence-electron chi connectivity index (χ2n) is 4.05. The number of nitrogen functional groups attached to an aromatic ring is 1. The van der Waals surface area contributed by atoms with Gasteiger partial charge in [-0.2, -0.15) is 0 Å². The van der Waals surface area contributed by atoms with Crippen molar-refractivity contribution in [1.82, 2.24) is 9.97 Å². The van der Waals surface area contributed by atoms with Crippen molar-refractivity contribution in [1.29, 1.82) is 0 Å². The Labute approximate surface area is 111 Å². The standard InChI is InChI=1S/C13H16N4O2/c1-8-4-5-10(11(6-8)18-3)19-13-9(2)12(17-14)15-7-16-13/h4-7H,14H2,1-3H3,(H,15,16,17). The number of hydrazine groups is 1. The molecule has 0 aliphatic carbocycles. The van der Waals surface area contributed by atoms with E-state index in [-0.39, 0.29) is 0 Å². The molecule has 0 saturated carbocycles. The molecule has 0 atom stereocenters. The number of methoxy groups -OCH3 is 1. The summed E-state index contributed by atoms with van der Waals surface area (Å²) in [5.74, 6) is 7.58. The van der Waals surface area contributed by atoms with Gasteiger partial charge in [0.15, 0.2) is 11.5 Å². The van der Waals surface area contributed by atoms with E-state index in [1.54, 1.807) is 7.11 Å². The van der Waals surface area contributed by atoms with Crippen LogP contribution in [0.1, 0.15) is 11.1 Å². The molecule has 19 heavy (non-hydrogen) atoms. The van der Waals surface area contributed by atoms with Crippen LogP contribution in [0.4, 0.5) is 5.82 Å². The molecule has 0 saturated heterocycles. The highest BCUT2D eigenvalue weighted by molar-refractivity contribution is 5.50. The van der Waals surface area contributed by atoms with E-state index >= 15 is 0 Å². The Morgan fingerprint density at radius 1 is 1.16 bits per heavy atom. The number of nitrogens with zero attached hydrogens (tertiary/aromatic N) is 2. The van der Waals surface area contributed by atoms with Crippen LogP contribution in [0.15, 0.2) is 24.5 Å². The van der Waals surface area contributed by atoms with Crippen molar-refractivity contribution >= 4 is 5.82 Å². The largest absolute Gasteiger partial charge is 0.493 e. The predicted molar refractivity (Wildman–Crippen MR) is 72.4 cm³/mol. The van der Waals surface area contributed by atoms with Crippen molar-refractivity contribution in [3.63, 3.8) is 0 Å². The summed E-state index contributed by atoms with van der Waals surface area (Å²) in [5.41, 5.74) is 4.32. The van der Waals surface area contributed by atoms with Crippen LogP contribution < -0.4 is 20.7 Å². The first-order valence-corrected chi connectivity index (χ1v) is 5.76. The smallest absolute Gasteiger partial charge is 0.227 e. The van der Waals surface area contributed by atoms with Crippen LogP contribution in [0.5, 0.6) is 17.4 Å². The monoisotopic (exact) mass is 260 g/mol. The average Bonchev–Trinajstić information content (AvgIpc) is 2.42. The lowest BCUT2D eigenvalue weighted by Gasteiger charge is -2.12. The lowest BCUT2D eigenvalue weighted by molar-refractivity contribution is 0.372. The fourth-order valence-corrected chi connectivity index (χ4v) is 1.65. The molecule has 0 aliphatic rings. The highest BCUT2D eigenvalue weighted by Gasteiger charge is 2.11. The van der Waals surface area contributed by atoms with Crippen LogP contribution >= 0.6 is 0 Å². The van der Waals surface area contributed by atoms with Gasteiger partial charge in [-0.1, -0.05) is 6.07 Å². The average molecular weight is 260 g/mol. The molecule has 1 aromatic heterocycles. The molecule has 1 heterocycles. The van der Waals surface area contributed by atoms with Crippen LogP contribution in [-0.4, -0.2) is 17.1 Å². The zero-order valence-corrected chi connectivity index (χ0v) is 11.1. The maximum atomic E-state index is 5.76. The minimum atomic E-state index is 0.435. The molecule has 0 unspecified atom stereocenters.